The number of amides is 1. The molecule has 0 heterocycles. The van der Waals surface area contributed by atoms with Gasteiger partial charge in [0.15, 0.2) is 0 Å². The summed E-state index contributed by atoms with van der Waals surface area (Å²) in [5.74, 6) is -0.165. The SMILES string of the molecule is CCCNCC(=O)NC[C]=O. The number of hydrogen-bond donors (Lipinski definition) is 2. The molecule has 0 rings (SSSR count). The highest BCUT2D eigenvalue weighted by molar-refractivity contribution is 5.80. The maximum atomic E-state index is 10.7. The Morgan fingerprint density at radius 2 is 2.27 bits per heavy atom. The van der Waals surface area contributed by atoms with Gasteiger partial charge >= 0.3 is 0 Å². The zero-order chi connectivity index (χ0) is 8.53. The minimum atomic E-state index is -0.165. The molecule has 11 heavy (non-hydrogen) atoms. The quantitative estimate of drug-likeness (QED) is 0.497. The predicted molar refractivity (Wildman–Crippen MR) is 41.9 cm³/mol. The van der Waals surface area contributed by atoms with Gasteiger partial charge in [-0.15, -0.1) is 0 Å². The monoisotopic (exact) mass is 157 g/mol. The van der Waals surface area contributed by atoms with Crippen LogP contribution in [-0.4, -0.2) is 31.8 Å². The third-order valence-electron chi connectivity index (χ3n) is 1.07. The molecule has 0 fully saturated rings. The van der Waals surface area contributed by atoms with E-state index in [4.69, 9.17) is 0 Å². The molecule has 0 aromatic rings. The van der Waals surface area contributed by atoms with Gasteiger partial charge in [0.2, 0.25) is 12.2 Å². The Bertz CT molecular complexity index is 126. The van der Waals surface area contributed by atoms with E-state index in [2.05, 4.69) is 10.6 Å². The second kappa shape index (κ2) is 7.21. The van der Waals surface area contributed by atoms with Crippen LogP contribution < -0.4 is 10.6 Å². The van der Waals surface area contributed by atoms with E-state index in [0.29, 0.717) is 0 Å². The summed E-state index contributed by atoms with van der Waals surface area (Å²) in [6.45, 7) is 3.09. The third kappa shape index (κ3) is 6.99. The van der Waals surface area contributed by atoms with Gasteiger partial charge in [-0.2, -0.15) is 0 Å². The van der Waals surface area contributed by atoms with E-state index < -0.39 is 0 Å². The molecule has 1 radical (unpaired) electrons. The Kier molecular flexibility index (Phi) is 6.62. The molecule has 4 nitrogen and oxygen atoms in total. The van der Waals surface area contributed by atoms with Crippen LogP contribution in [0.25, 0.3) is 0 Å². The number of nitrogens with one attached hydrogen (secondary N) is 2. The lowest BCUT2D eigenvalue weighted by Gasteiger charge is -2.01. The summed E-state index contributed by atoms with van der Waals surface area (Å²) in [5.41, 5.74) is 0. The minimum absolute atomic E-state index is 0.0212. The van der Waals surface area contributed by atoms with Gasteiger partial charge in [0.05, 0.1) is 13.1 Å². The summed E-state index contributed by atoms with van der Waals surface area (Å²) in [7, 11) is 0. The molecular formula is C7H13N2O2. The van der Waals surface area contributed by atoms with Gasteiger partial charge in [-0.25, -0.2) is 0 Å². The minimum Gasteiger partial charge on any atom is -0.347 e. The highest BCUT2D eigenvalue weighted by atomic mass is 16.2. The van der Waals surface area contributed by atoms with Gasteiger partial charge in [0, 0.05) is 0 Å². The van der Waals surface area contributed by atoms with Gasteiger partial charge < -0.3 is 10.6 Å². The number of carbonyl (C=O) groups excluding carboxylic acids is 2. The van der Waals surface area contributed by atoms with Crippen molar-refractivity contribution in [2.45, 2.75) is 13.3 Å². The van der Waals surface area contributed by atoms with Crippen molar-refractivity contribution in [3.63, 3.8) is 0 Å². The summed E-state index contributed by atoms with van der Waals surface area (Å²) < 4.78 is 0. The smallest absolute Gasteiger partial charge is 0.234 e. The highest BCUT2D eigenvalue weighted by Gasteiger charge is 1.96. The van der Waals surface area contributed by atoms with Crippen molar-refractivity contribution in [3.05, 3.63) is 0 Å². The molecule has 63 valence electrons. The molecule has 0 aromatic heterocycles. The average molecular weight is 157 g/mol. The van der Waals surface area contributed by atoms with E-state index in [9.17, 15) is 9.59 Å². The Balaban J connectivity index is 3.15. The zero-order valence-electron chi connectivity index (χ0n) is 6.64. The molecule has 0 bridgehead atoms. The van der Waals surface area contributed by atoms with Crippen molar-refractivity contribution in [2.75, 3.05) is 19.6 Å². The van der Waals surface area contributed by atoms with E-state index in [1.54, 1.807) is 6.29 Å². The van der Waals surface area contributed by atoms with E-state index in [1.165, 1.54) is 0 Å². The molecule has 0 aromatic carbocycles. The van der Waals surface area contributed by atoms with Crippen molar-refractivity contribution in [3.8, 4) is 0 Å². The molecule has 0 aliphatic heterocycles. The van der Waals surface area contributed by atoms with Crippen LogP contribution in [0.1, 0.15) is 13.3 Å². The first kappa shape index (κ1) is 10.1. The second-order valence-corrected chi connectivity index (χ2v) is 2.10. The Morgan fingerprint density at radius 3 is 2.82 bits per heavy atom. The number of rotatable bonds is 6. The normalized spacial score (nSPS) is 9.18. The lowest BCUT2D eigenvalue weighted by molar-refractivity contribution is -0.119. The first-order valence-corrected chi connectivity index (χ1v) is 3.63. The molecular weight excluding hydrogens is 144 g/mol. The fourth-order valence-electron chi connectivity index (χ4n) is 0.576. The molecule has 0 saturated carbocycles. The largest absolute Gasteiger partial charge is 0.347 e. The van der Waals surface area contributed by atoms with Crippen LogP contribution in [0.15, 0.2) is 0 Å². The lowest BCUT2D eigenvalue weighted by Crippen LogP contribution is -2.34. The van der Waals surface area contributed by atoms with Gasteiger partial charge in [0.1, 0.15) is 0 Å². The molecule has 0 aliphatic rings. The number of hydrogen-bond acceptors (Lipinski definition) is 3. The summed E-state index contributed by atoms with van der Waals surface area (Å²) in [5, 5.41) is 5.27. The third-order valence-corrected chi connectivity index (χ3v) is 1.07. The number of carbonyl (C=O) groups is 1. The molecule has 0 saturated heterocycles. The predicted octanol–water partition coefficient (Wildman–Crippen LogP) is -0.788. The Hall–Kier alpha value is -0.900. The Labute approximate surface area is 66.4 Å². The topological polar surface area (TPSA) is 58.2 Å². The van der Waals surface area contributed by atoms with Crippen LogP contribution in [0.5, 0.6) is 0 Å². The van der Waals surface area contributed by atoms with Crippen molar-refractivity contribution in [2.24, 2.45) is 0 Å². The van der Waals surface area contributed by atoms with E-state index in [-0.39, 0.29) is 19.0 Å². The molecule has 1 amide bonds. The van der Waals surface area contributed by atoms with Crippen LogP contribution in [-0.2, 0) is 9.59 Å². The maximum Gasteiger partial charge on any atom is 0.234 e. The van der Waals surface area contributed by atoms with Crippen LogP contribution in [0.4, 0.5) is 0 Å². The summed E-state index contributed by atoms with van der Waals surface area (Å²) in [6.07, 6.45) is 2.57. The second-order valence-electron chi connectivity index (χ2n) is 2.10. The van der Waals surface area contributed by atoms with Gasteiger partial charge in [-0.05, 0) is 13.0 Å². The highest BCUT2D eigenvalue weighted by Crippen LogP contribution is 1.69. The summed E-state index contributed by atoms with van der Waals surface area (Å²) in [6, 6.07) is 0. The van der Waals surface area contributed by atoms with Crippen LogP contribution in [0.3, 0.4) is 0 Å². The van der Waals surface area contributed by atoms with Crippen molar-refractivity contribution in [1.29, 1.82) is 0 Å². The average Bonchev–Trinajstić information content (AvgIpc) is 2.01. The van der Waals surface area contributed by atoms with Crippen LogP contribution in [0.2, 0.25) is 0 Å². The molecule has 0 aliphatic carbocycles. The van der Waals surface area contributed by atoms with Crippen LogP contribution in [0, 0.1) is 0 Å². The fraction of sp³-hybridized carbons (Fsp3) is 0.714. The lowest BCUT2D eigenvalue weighted by atomic mass is 10.4. The molecule has 2 N–H and O–H groups in total. The molecule has 0 atom stereocenters. The fourth-order valence-corrected chi connectivity index (χ4v) is 0.576. The Morgan fingerprint density at radius 1 is 1.55 bits per heavy atom. The van der Waals surface area contributed by atoms with Gasteiger partial charge in [-0.3, -0.25) is 9.59 Å². The van der Waals surface area contributed by atoms with Crippen LogP contribution >= 0.6 is 0 Å². The van der Waals surface area contributed by atoms with Gasteiger partial charge in [0.25, 0.3) is 0 Å². The van der Waals surface area contributed by atoms with Crippen molar-refractivity contribution in [1.82, 2.24) is 10.6 Å². The molecule has 0 unspecified atom stereocenters. The first-order chi connectivity index (χ1) is 5.31. The van der Waals surface area contributed by atoms with Crippen molar-refractivity contribution < 1.29 is 9.59 Å². The molecule has 4 heteroatoms. The summed E-state index contributed by atoms with van der Waals surface area (Å²) in [4.78, 5) is 20.4. The van der Waals surface area contributed by atoms with E-state index >= 15 is 0 Å². The van der Waals surface area contributed by atoms with Gasteiger partial charge in [-0.1, -0.05) is 6.92 Å². The van der Waals surface area contributed by atoms with E-state index in [1.807, 2.05) is 6.92 Å². The van der Waals surface area contributed by atoms with Crippen molar-refractivity contribution >= 4 is 12.2 Å². The zero-order valence-corrected chi connectivity index (χ0v) is 6.64. The van der Waals surface area contributed by atoms with E-state index in [0.717, 1.165) is 13.0 Å². The first-order valence-electron chi connectivity index (χ1n) is 3.63. The standard InChI is InChI=1S/C7H13N2O2/c1-2-3-8-6-7(11)9-4-5-10/h8H,2-4,6H2,1H3,(H,9,11). The summed E-state index contributed by atoms with van der Waals surface area (Å²) >= 11 is 0. The maximum absolute atomic E-state index is 10.7. The molecule has 0 spiro atoms.